The molecule has 1 aromatic carbocycles. The SMILES string of the molecule is NC(=S)N1N=C(c2cc3ccccc3oc2=O)CC1c1ccco1. The number of hydrazone groups is 1. The fraction of sp³-hybridized carbons (Fsp3) is 0.118. The Morgan fingerprint density at radius 2 is 2.12 bits per heavy atom. The Labute approximate surface area is 142 Å². The zero-order chi connectivity index (χ0) is 16.7. The van der Waals surface area contributed by atoms with Crippen LogP contribution in [-0.2, 0) is 0 Å². The molecular formula is C17H13N3O3S. The Balaban J connectivity index is 1.79. The van der Waals surface area contributed by atoms with Crippen molar-refractivity contribution in [2.24, 2.45) is 10.8 Å². The Kier molecular flexibility index (Phi) is 3.42. The molecule has 4 rings (SSSR count). The van der Waals surface area contributed by atoms with Gasteiger partial charge < -0.3 is 14.6 Å². The third kappa shape index (κ3) is 2.39. The van der Waals surface area contributed by atoms with E-state index in [9.17, 15) is 4.79 Å². The van der Waals surface area contributed by atoms with E-state index in [1.54, 1.807) is 24.5 Å². The van der Waals surface area contributed by atoms with Crippen molar-refractivity contribution >= 4 is 34.0 Å². The van der Waals surface area contributed by atoms with Gasteiger partial charge in [0.2, 0.25) is 0 Å². The first-order valence-corrected chi connectivity index (χ1v) is 7.77. The van der Waals surface area contributed by atoms with Crippen molar-refractivity contribution in [2.75, 3.05) is 0 Å². The molecule has 0 fully saturated rings. The average Bonchev–Trinajstić information content (AvgIpc) is 3.23. The van der Waals surface area contributed by atoms with E-state index < -0.39 is 5.63 Å². The van der Waals surface area contributed by atoms with E-state index in [1.165, 1.54) is 5.01 Å². The lowest BCUT2D eigenvalue weighted by atomic mass is 10.0. The largest absolute Gasteiger partial charge is 0.467 e. The van der Waals surface area contributed by atoms with Crippen molar-refractivity contribution < 1.29 is 8.83 Å². The van der Waals surface area contributed by atoms with Crippen LogP contribution in [0.15, 0.2) is 67.5 Å². The van der Waals surface area contributed by atoms with Gasteiger partial charge in [-0.25, -0.2) is 9.80 Å². The maximum atomic E-state index is 12.3. The number of furan rings is 1. The Hall–Kier alpha value is -2.93. The monoisotopic (exact) mass is 339 g/mol. The van der Waals surface area contributed by atoms with E-state index in [-0.39, 0.29) is 11.2 Å². The van der Waals surface area contributed by atoms with Crippen LogP contribution in [-0.4, -0.2) is 15.8 Å². The lowest BCUT2D eigenvalue weighted by molar-refractivity contribution is 0.316. The molecule has 0 bridgehead atoms. The van der Waals surface area contributed by atoms with Gasteiger partial charge in [-0.3, -0.25) is 0 Å². The van der Waals surface area contributed by atoms with Gasteiger partial charge in [0.05, 0.1) is 17.5 Å². The van der Waals surface area contributed by atoms with Crippen LogP contribution in [0.4, 0.5) is 0 Å². The molecule has 1 unspecified atom stereocenters. The molecule has 1 atom stereocenters. The third-order valence-electron chi connectivity index (χ3n) is 3.96. The molecule has 120 valence electrons. The van der Waals surface area contributed by atoms with Gasteiger partial charge in [0.15, 0.2) is 5.11 Å². The molecule has 2 aromatic heterocycles. The first kappa shape index (κ1) is 14.6. The summed E-state index contributed by atoms with van der Waals surface area (Å²) in [6.45, 7) is 0. The highest BCUT2D eigenvalue weighted by Gasteiger charge is 2.33. The smallest absolute Gasteiger partial charge is 0.345 e. The van der Waals surface area contributed by atoms with E-state index in [0.717, 1.165) is 5.39 Å². The molecule has 6 nitrogen and oxygen atoms in total. The molecule has 0 saturated heterocycles. The van der Waals surface area contributed by atoms with Gasteiger partial charge in [0, 0.05) is 11.8 Å². The molecule has 0 radical (unpaired) electrons. The number of rotatable bonds is 2. The third-order valence-corrected chi connectivity index (χ3v) is 4.15. The number of nitrogens with zero attached hydrogens (tertiary/aromatic N) is 2. The summed E-state index contributed by atoms with van der Waals surface area (Å²) in [5.41, 5.74) is 6.86. The van der Waals surface area contributed by atoms with Crippen LogP contribution >= 0.6 is 12.2 Å². The molecule has 2 N–H and O–H groups in total. The summed E-state index contributed by atoms with van der Waals surface area (Å²) in [5.74, 6) is 0.687. The van der Waals surface area contributed by atoms with E-state index in [0.29, 0.717) is 29.0 Å². The number of nitrogens with two attached hydrogens (primary N) is 1. The second-order valence-corrected chi connectivity index (χ2v) is 5.87. The Morgan fingerprint density at radius 3 is 2.88 bits per heavy atom. The van der Waals surface area contributed by atoms with Crippen molar-refractivity contribution in [3.05, 3.63) is 70.5 Å². The highest BCUT2D eigenvalue weighted by atomic mass is 32.1. The fourth-order valence-corrected chi connectivity index (χ4v) is 3.01. The summed E-state index contributed by atoms with van der Waals surface area (Å²) < 4.78 is 10.8. The minimum absolute atomic E-state index is 0.122. The second-order valence-electron chi connectivity index (χ2n) is 5.45. The number of hydrogen-bond acceptors (Lipinski definition) is 5. The van der Waals surface area contributed by atoms with Gasteiger partial charge in [-0.1, -0.05) is 18.2 Å². The van der Waals surface area contributed by atoms with Gasteiger partial charge >= 0.3 is 5.63 Å². The van der Waals surface area contributed by atoms with Gasteiger partial charge in [-0.2, -0.15) is 5.10 Å². The summed E-state index contributed by atoms with van der Waals surface area (Å²) in [6, 6.07) is 12.5. The number of benzene rings is 1. The van der Waals surface area contributed by atoms with Crippen LogP contribution < -0.4 is 11.4 Å². The van der Waals surface area contributed by atoms with Crippen LogP contribution in [0.5, 0.6) is 0 Å². The van der Waals surface area contributed by atoms with Gasteiger partial charge in [0.25, 0.3) is 0 Å². The van der Waals surface area contributed by atoms with Crippen LogP contribution in [0, 0.1) is 0 Å². The summed E-state index contributed by atoms with van der Waals surface area (Å²) >= 11 is 5.07. The molecule has 0 spiro atoms. The number of hydrogen-bond donors (Lipinski definition) is 1. The topological polar surface area (TPSA) is 85.0 Å². The van der Waals surface area contributed by atoms with E-state index in [1.807, 2.05) is 24.3 Å². The zero-order valence-electron chi connectivity index (χ0n) is 12.5. The first-order chi connectivity index (χ1) is 11.6. The summed E-state index contributed by atoms with van der Waals surface area (Å²) in [4.78, 5) is 12.3. The highest BCUT2D eigenvalue weighted by Crippen LogP contribution is 2.32. The molecule has 3 aromatic rings. The van der Waals surface area contributed by atoms with Crippen LogP contribution in [0.25, 0.3) is 11.0 Å². The number of thiocarbonyl (C=S) groups is 1. The van der Waals surface area contributed by atoms with Gasteiger partial charge in [-0.05, 0) is 36.5 Å². The van der Waals surface area contributed by atoms with Crippen molar-refractivity contribution in [2.45, 2.75) is 12.5 Å². The quantitative estimate of drug-likeness (QED) is 0.571. The van der Waals surface area contributed by atoms with E-state index in [4.69, 9.17) is 26.8 Å². The molecule has 1 aliphatic heterocycles. The molecule has 0 amide bonds. The van der Waals surface area contributed by atoms with Crippen LogP contribution in [0.2, 0.25) is 0 Å². The van der Waals surface area contributed by atoms with Gasteiger partial charge in [-0.15, -0.1) is 0 Å². The lowest BCUT2D eigenvalue weighted by Crippen LogP contribution is -2.31. The number of para-hydroxylation sites is 1. The molecular weight excluding hydrogens is 326 g/mol. The van der Waals surface area contributed by atoms with Gasteiger partial charge in [0.1, 0.15) is 17.4 Å². The summed E-state index contributed by atoms with van der Waals surface area (Å²) in [5, 5.41) is 6.88. The lowest BCUT2D eigenvalue weighted by Gasteiger charge is -2.19. The van der Waals surface area contributed by atoms with Crippen molar-refractivity contribution in [3.63, 3.8) is 0 Å². The van der Waals surface area contributed by atoms with Crippen molar-refractivity contribution in [1.82, 2.24) is 5.01 Å². The number of fused-ring (bicyclic) bond motifs is 1. The average molecular weight is 339 g/mol. The normalized spacial score (nSPS) is 17.2. The van der Waals surface area contributed by atoms with E-state index >= 15 is 0 Å². The second kappa shape index (κ2) is 5.61. The standard InChI is InChI=1S/C17H13N3O3S/c18-17(24)20-13(15-6-3-7-22-15)9-12(19-20)11-8-10-4-1-2-5-14(10)23-16(11)21/h1-8,13H,9H2,(H2,18,24). The minimum Gasteiger partial charge on any atom is -0.467 e. The Morgan fingerprint density at radius 1 is 1.29 bits per heavy atom. The molecule has 0 aliphatic carbocycles. The zero-order valence-corrected chi connectivity index (χ0v) is 13.3. The minimum atomic E-state index is -0.435. The molecule has 1 aliphatic rings. The van der Waals surface area contributed by atoms with Crippen molar-refractivity contribution in [3.8, 4) is 0 Å². The molecule has 24 heavy (non-hydrogen) atoms. The Bertz CT molecular complexity index is 1010. The fourth-order valence-electron chi connectivity index (χ4n) is 2.84. The van der Waals surface area contributed by atoms with Crippen molar-refractivity contribution in [1.29, 1.82) is 0 Å². The maximum Gasteiger partial charge on any atom is 0.345 e. The first-order valence-electron chi connectivity index (χ1n) is 7.36. The maximum absolute atomic E-state index is 12.3. The molecule has 7 heteroatoms. The van der Waals surface area contributed by atoms with Crippen LogP contribution in [0.1, 0.15) is 23.8 Å². The molecule has 0 saturated carbocycles. The highest BCUT2D eigenvalue weighted by molar-refractivity contribution is 7.80. The predicted molar refractivity (Wildman–Crippen MR) is 93.7 cm³/mol. The molecule has 3 heterocycles. The summed E-state index contributed by atoms with van der Waals surface area (Å²) in [6.07, 6.45) is 2.03. The van der Waals surface area contributed by atoms with Crippen LogP contribution in [0.3, 0.4) is 0 Å². The summed E-state index contributed by atoms with van der Waals surface area (Å²) in [7, 11) is 0. The predicted octanol–water partition coefficient (Wildman–Crippen LogP) is 2.78. The van der Waals surface area contributed by atoms with E-state index in [2.05, 4.69) is 5.10 Å².